The van der Waals surface area contributed by atoms with E-state index in [2.05, 4.69) is 20.1 Å². The van der Waals surface area contributed by atoms with Gasteiger partial charge in [-0.05, 0) is 31.1 Å². The molecule has 0 aromatic rings. The Labute approximate surface area is 108 Å². The number of ether oxygens (including phenoxy) is 1. The Kier molecular flexibility index (Phi) is 2.46. The van der Waals surface area contributed by atoms with Crippen LogP contribution >= 0.6 is 0 Å². The Bertz CT molecular complexity index is 439. The second-order valence-corrected chi connectivity index (χ2v) is 6.34. The molecule has 2 aliphatic carbocycles. The SMILES string of the molecule is C=C1C(=O)O[C@H]2[C@H]1[C@@H](O)C[C@@]1(C)CCCC(=C)[C@@H]21. The number of esters is 1. The third-order valence-corrected chi connectivity index (χ3v) is 5.12. The van der Waals surface area contributed by atoms with E-state index in [1.807, 2.05) is 0 Å². The second kappa shape index (κ2) is 3.70. The smallest absolute Gasteiger partial charge is 0.334 e. The first-order chi connectivity index (χ1) is 8.44. The number of rotatable bonds is 0. The molecular formula is C15H20O3. The van der Waals surface area contributed by atoms with Gasteiger partial charge < -0.3 is 9.84 Å². The van der Waals surface area contributed by atoms with E-state index in [9.17, 15) is 9.90 Å². The van der Waals surface area contributed by atoms with E-state index in [1.165, 1.54) is 5.57 Å². The van der Waals surface area contributed by atoms with Crippen LogP contribution in [0, 0.1) is 17.3 Å². The zero-order chi connectivity index (χ0) is 13.1. The summed E-state index contributed by atoms with van der Waals surface area (Å²) < 4.78 is 5.49. The van der Waals surface area contributed by atoms with Gasteiger partial charge in [-0.25, -0.2) is 4.79 Å². The predicted molar refractivity (Wildman–Crippen MR) is 67.7 cm³/mol. The fraction of sp³-hybridized carbons (Fsp3) is 0.667. The van der Waals surface area contributed by atoms with Gasteiger partial charge in [0, 0.05) is 11.5 Å². The van der Waals surface area contributed by atoms with Gasteiger partial charge in [0.05, 0.1) is 12.0 Å². The highest BCUT2D eigenvalue weighted by atomic mass is 16.6. The van der Waals surface area contributed by atoms with Gasteiger partial charge in [-0.3, -0.25) is 0 Å². The maximum absolute atomic E-state index is 11.7. The van der Waals surface area contributed by atoms with Crippen LogP contribution in [0.4, 0.5) is 0 Å². The van der Waals surface area contributed by atoms with Gasteiger partial charge >= 0.3 is 5.97 Å². The van der Waals surface area contributed by atoms with Crippen LogP contribution < -0.4 is 0 Å². The molecule has 1 N–H and O–H groups in total. The summed E-state index contributed by atoms with van der Waals surface area (Å²) in [4.78, 5) is 11.7. The third-order valence-electron chi connectivity index (χ3n) is 5.12. The van der Waals surface area contributed by atoms with Gasteiger partial charge in [0.1, 0.15) is 6.10 Å². The van der Waals surface area contributed by atoms with Crippen molar-refractivity contribution >= 4 is 5.97 Å². The van der Waals surface area contributed by atoms with Crippen molar-refractivity contribution in [3.8, 4) is 0 Å². The lowest BCUT2D eigenvalue weighted by molar-refractivity contribution is -0.149. The van der Waals surface area contributed by atoms with Crippen molar-refractivity contribution in [2.45, 2.75) is 44.8 Å². The van der Waals surface area contributed by atoms with Crippen LogP contribution in [0.1, 0.15) is 32.6 Å². The van der Waals surface area contributed by atoms with Crippen molar-refractivity contribution in [1.29, 1.82) is 0 Å². The van der Waals surface area contributed by atoms with Crippen LogP contribution in [0.2, 0.25) is 0 Å². The van der Waals surface area contributed by atoms with Crippen LogP contribution in [0.3, 0.4) is 0 Å². The van der Waals surface area contributed by atoms with Gasteiger partial charge in [0.15, 0.2) is 0 Å². The van der Waals surface area contributed by atoms with Gasteiger partial charge in [0.2, 0.25) is 0 Å². The molecule has 0 unspecified atom stereocenters. The molecule has 3 fully saturated rings. The summed E-state index contributed by atoms with van der Waals surface area (Å²) in [6, 6.07) is 0. The average Bonchev–Trinajstić information content (AvgIpc) is 2.54. The summed E-state index contributed by atoms with van der Waals surface area (Å²) in [6.45, 7) is 10.2. The molecule has 5 atom stereocenters. The highest BCUT2D eigenvalue weighted by Crippen LogP contribution is 2.57. The molecule has 2 saturated carbocycles. The Balaban J connectivity index is 2.02. The largest absolute Gasteiger partial charge is 0.458 e. The number of hydrogen-bond acceptors (Lipinski definition) is 3. The maximum Gasteiger partial charge on any atom is 0.334 e. The number of fused-ring (bicyclic) bond motifs is 3. The molecule has 3 heteroatoms. The van der Waals surface area contributed by atoms with E-state index >= 15 is 0 Å². The van der Waals surface area contributed by atoms with E-state index in [4.69, 9.17) is 4.74 Å². The minimum absolute atomic E-state index is 0.0147. The first kappa shape index (κ1) is 12.0. The monoisotopic (exact) mass is 248 g/mol. The Morgan fingerprint density at radius 3 is 2.89 bits per heavy atom. The van der Waals surface area contributed by atoms with E-state index in [-0.39, 0.29) is 29.3 Å². The first-order valence-corrected chi connectivity index (χ1v) is 6.69. The van der Waals surface area contributed by atoms with Gasteiger partial charge in [0.25, 0.3) is 0 Å². The predicted octanol–water partition coefficient (Wildman–Crippen LogP) is 2.21. The number of hydrogen-bond donors (Lipinski definition) is 1. The van der Waals surface area contributed by atoms with Crippen LogP contribution in [0.25, 0.3) is 0 Å². The Hall–Kier alpha value is -1.09. The van der Waals surface area contributed by atoms with E-state index < -0.39 is 6.10 Å². The van der Waals surface area contributed by atoms with Crippen molar-refractivity contribution < 1.29 is 14.6 Å². The average molecular weight is 248 g/mol. The Morgan fingerprint density at radius 1 is 1.44 bits per heavy atom. The lowest BCUT2D eigenvalue weighted by Crippen LogP contribution is -2.52. The molecule has 0 spiro atoms. The molecule has 0 bridgehead atoms. The van der Waals surface area contributed by atoms with Crippen LogP contribution in [0.5, 0.6) is 0 Å². The molecule has 18 heavy (non-hydrogen) atoms. The molecule has 3 aliphatic rings. The molecular weight excluding hydrogens is 228 g/mol. The molecule has 1 heterocycles. The van der Waals surface area contributed by atoms with Crippen molar-refractivity contribution in [2.75, 3.05) is 0 Å². The van der Waals surface area contributed by atoms with Gasteiger partial charge in [-0.2, -0.15) is 0 Å². The van der Waals surface area contributed by atoms with Crippen molar-refractivity contribution in [3.05, 3.63) is 24.3 Å². The quantitative estimate of drug-likeness (QED) is 0.406. The van der Waals surface area contributed by atoms with Crippen LogP contribution in [0.15, 0.2) is 24.3 Å². The topological polar surface area (TPSA) is 46.5 Å². The van der Waals surface area contributed by atoms with Crippen LogP contribution in [-0.2, 0) is 9.53 Å². The number of aliphatic hydroxyl groups is 1. The lowest BCUT2D eigenvalue weighted by Gasteiger charge is -2.51. The fourth-order valence-corrected chi connectivity index (χ4v) is 4.32. The van der Waals surface area contributed by atoms with E-state index in [0.717, 1.165) is 19.3 Å². The molecule has 3 nitrogen and oxygen atoms in total. The minimum atomic E-state index is -0.513. The van der Waals surface area contributed by atoms with Crippen molar-refractivity contribution in [2.24, 2.45) is 17.3 Å². The number of carbonyl (C=O) groups is 1. The molecule has 3 rings (SSSR count). The number of aliphatic hydroxyl groups excluding tert-OH is 1. The molecule has 98 valence electrons. The Morgan fingerprint density at radius 2 is 2.17 bits per heavy atom. The van der Waals surface area contributed by atoms with Gasteiger partial charge in [-0.1, -0.05) is 25.7 Å². The van der Waals surface area contributed by atoms with Crippen molar-refractivity contribution in [1.82, 2.24) is 0 Å². The summed E-state index contributed by atoms with van der Waals surface area (Å²) in [5.74, 6) is -0.389. The molecule has 0 radical (unpaired) electrons. The maximum atomic E-state index is 11.7. The van der Waals surface area contributed by atoms with Crippen LogP contribution in [-0.4, -0.2) is 23.3 Å². The standard InChI is InChI=1S/C15H20O3/c1-8-5-4-6-15(3)7-10(16)11-9(2)14(17)18-13(11)12(8)15/h10-13,16H,1-2,4-7H2,3H3/t10-,11+,12-,13-,15+/m0/s1. The lowest BCUT2D eigenvalue weighted by atomic mass is 9.54. The van der Waals surface area contributed by atoms with Crippen molar-refractivity contribution in [3.63, 3.8) is 0 Å². The third kappa shape index (κ3) is 1.43. The summed E-state index contributed by atoms with van der Waals surface area (Å²) in [6.07, 6.45) is 3.15. The van der Waals surface area contributed by atoms with E-state index in [0.29, 0.717) is 12.0 Å². The summed E-state index contributed by atoms with van der Waals surface area (Å²) >= 11 is 0. The highest BCUT2D eigenvalue weighted by molar-refractivity contribution is 5.91. The minimum Gasteiger partial charge on any atom is -0.458 e. The molecule has 1 aliphatic heterocycles. The molecule has 0 amide bonds. The molecule has 1 saturated heterocycles. The summed E-state index contributed by atoms with van der Waals surface area (Å²) in [5, 5.41) is 10.3. The molecule has 0 aromatic heterocycles. The second-order valence-electron chi connectivity index (χ2n) is 6.34. The fourth-order valence-electron chi connectivity index (χ4n) is 4.32. The normalized spacial score (nSPS) is 47.6. The first-order valence-electron chi connectivity index (χ1n) is 6.69. The van der Waals surface area contributed by atoms with Gasteiger partial charge in [-0.15, -0.1) is 0 Å². The summed E-state index contributed by atoms with van der Waals surface area (Å²) in [5.41, 5.74) is 1.63. The number of carbonyl (C=O) groups excluding carboxylic acids is 1. The highest BCUT2D eigenvalue weighted by Gasteiger charge is 2.58. The molecule has 0 aromatic carbocycles. The zero-order valence-corrected chi connectivity index (χ0v) is 10.8. The zero-order valence-electron chi connectivity index (χ0n) is 10.8. The van der Waals surface area contributed by atoms with E-state index in [1.54, 1.807) is 0 Å². The summed E-state index contributed by atoms with van der Waals surface area (Å²) in [7, 11) is 0.